The molecule has 0 radical (unpaired) electrons. The molecular weight excluding hydrogens is 216 g/mol. The van der Waals surface area contributed by atoms with Gasteiger partial charge in [0.05, 0.1) is 12.1 Å². The van der Waals surface area contributed by atoms with Crippen molar-refractivity contribution in [3.63, 3.8) is 0 Å². The van der Waals surface area contributed by atoms with Gasteiger partial charge in [-0.15, -0.1) is 0 Å². The monoisotopic (exact) mass is 238 g/mol. The fraction of sp³-hybridized carbons (Fsp3) is 0.769. The summed E-state index contributed by atoms with van der Waals surface area (Å²) in [6.45, 7) is 1.93. The highest BCUT2D eigenvalue weighted by Gasteiger charge is 2.42. The van der Waals surface area contributed by atoms with Crippen LogP contribution in [-0.4, -0.2) is 29.3 Å². The number of aliphatic hydroxyl groups is 1. The molecule has 2 amide bonds. The zero-order valence-electron chi connectivity index (χ0n) is 10.4. The van der Waals surface area contributed by atoms with Gasteiger partial charge in [0.2, 0.25) is 0 Å². The molecule has 4 nitrogen and oxygen atoms in total. The Balaban J connectivity index is 1.81. The number of aliphatic hydroxyl groups excluding tert-OH is 1. The van der Waals surface area contributed by atoms with E-state index < -0.39 is 5.54 Å². The first-order valence-corrected chi connectivity index (χ1v) is 6.48. The van der Waals surface area contributed by atoms with E-state index in [2.05, 4.69) is 22.8 Å². The third-order valence-electron chi connectivity index (χ3n) is 3.81. The van der Waals surface area contributed by atoms with Crippen molar-refractivity contribution < 1.29 is 9.90 Å². The number of amides is 2. The Bertz CT molecular complexity index is 313. The Morgan fingerprint density at radius 1 is 1.41 bits per heavy atom. The number of rotatable bonds is 4. The van der Waals surface area contributed by atoms with Crippen LogP contribution in [0.3, 0.4) is 0 Å². The van der Waals surface area contributed by atoms with Gasteiger partial charge in [-0.2, -0.15) is 0 Å². The Hall–Kier alpha value is -1.03. The van der Waals surface area contributed by atoms with Crippen molar-refractivity contribution >= 4 is 6.03 Å². The van der Waals surface area contributed by atoms with Gasteiger partial charge in [0.15, 0.2) is 0 Å². The number of carbonyl (C=O) groups is 1. The van der Waals surface area contributed by atoms with Crippen molar-refractivity contribution in [1.29, 1.82) is 0 Å². The highest BCUT2D eigenvalue weighted by Crippen LogP contribution is 2.39. The lowest BCUT2D eigenvalue weighted by Gasteiger charge is -2.30. The van der Waals surface area contributed by atoms with Gasteiger partial charge >= 0.3 is 6.03 Å². The average molecular weight is 238 g/mol. The topological polar surface area (TPSA) is 61.4 Å². The molecule has 2 rings (SSSR count). The second-order valence-electron chi connectivity index (χ2n) is 5.43. The van der Waals surface area contributed by atoms with Gasteiger partial charge in [-0.3, -0.25) is 0 Å². The third kappa shape index (κ3) is 3.22. The third-order valence-corrected chi connectivity index (χ3v) is 3.81. The van der Waals surface area contributed by atoms with Crippen LogP contribution in [0.25, 0.3) is 0 Å². The fourth-order valence-electron chi connectivity index (χ4n) is 2.40. The van der Waals surface area contributed by atoms with Crippen LogP contribution in [0.2, 0.25) is 0 Å². The fourth-order valence-corrected chi connectivity index (χ4v) is 2.40. The largest absolute Gasteiger partial charge is 0.394 e. The van der Waals surface area contributed by atoms with Crippen LogP contribution in [0.1, 0.15) is 39.0 Å². The summed E-state index contributed by atoms with van der Waals surface area (Å²) in [7, 11) is 0. The molecule has 1 saturated carbocycles. The lowest BCUT2D eigenvalue weighted by Crippen LogP contribution is -2.55. The van der Waals surface area contributed by atoms with Crippen LogP contribution in [0.15, 0.2) is 12.2 Å². The number of hydrogen-bond acceptors (Lipinski definition) is 2. The second-order valence-corrected chi connectivity index (χ2v) is 5.43. The van der Waals surface area contributed by atoms with Gasteiger partial charge in [0.1, 0.15) is 0 Å². The number of hydrogen-bond donors (Lipinski definition) is 3. The number of urea groups is 1. The molecule has 1 fully saturated rings. The van der Waals surface area contributed by atoms with Crippen molar-refractivity contribution in [1.82, 2.24) is 10.6 Å². The van der Waals surface area contributed by atoms with Gasteiger partial charge in [0.25, 0.3) is 0 Å². The van der Waals surface area contributed by atoms with E-state index in [4.69, 9.17) is 0 Å². The van der Waals surface area contributed by atoms with Crippen LogP contribution in [0, 0.1) is 5.92 Å². The first kappa shape index (κ1) is 12.4. The molecule has 0 bridgehead atoms. The average Bonchev–Trinajstić information content (AvgIpc) is 3.14. The van der Waals surface area contributed by atoms with Crippen LogP contribution in [0.4, 0.5) is 4.79 Å². The molecular formula is C13H22N2O2. The molecule has 2 atom stereocenters. The van der Waals surface area contributed by atoms with E-state index in [9.17, 15) is 9.90 Å². The molecule has 3 N–H and O–H groups in total. The van der Waals surface area contributed by atoms with E-state index in [1.54, 1.807) is 0 Å². The molecule has 0 aromatic rings. The second kappa shape index (κ2) is 5.08. The standard InChI is InChI=1S/C13H22N2O2/c1-13(9-16,10-7-8-10)15-12(17)14-11-5-3-2-4-6-11/h2-3,10-11,16H,4-9H2,1H3,(H2,14,15,17). The maximum absolute atomic E-state index is 11.9. The summed E-state index contributed by atoms with van der Waals surface area (Å²) in [5, 5.41) is 15.3. The lowest BCUT2D eigenvalue weighted by atomic mass is 9.97. The predicted molar refractivity (Wildman–Crippen MR) is 66.7 cm³/mol. The van der Waals surface area contributed by atoms with Gasteiger partial charge in [-0.1, -0.05) is 12.2 Å². The van der Waals surface area contributed by atoms with Crippen LogP contribution >= 0.6 is 0 Å². The molecule has 0 aromatic carbocycles. The molecule has 0 saturated heterocycles. The van der Waals surface area contributed by atoms with Crippen molar-refractivity contribution in [2.24, 2.45) is 5.92 Å². The molecule has 17 heavy (non-hydrogen) atoms. The maximum Gasteiger partial charge on any atom is 0.315 e. The van der Waals surface area contributed by atoms with Gasteiger partial charge in [-0.05, 0) is 44.9 Å². The lowest BCUT2D eigenvalue weighted by molar-refractivity contribution is 0.154. The molecule has 0 aromatic heterocycles. The van der Waals surface area contributed by atoms with Crippen molar-refractivity contribution in [3.8, 4) is 0 Å². The smallest absolute Gasteiger partial charge is 0.315 e. The molecule has 4 heteroatoms. The zero-order chi connectivity index (χ0) is 12.3. The summed E-state index contributed by atoms with van der Waals surface area (Å²) in [6, 6.07) is 0.0934. The van der Waals surface area contributed by atoms with Crippen molar-refractivity contribution in [3.05, 3.63) is 12.2 Å². The van der Waals surface area contributed by atoms with Crippen LogP contribution in [-0.2, 0) is 0 Å². The first-order chi connectivity index (χ1) is 8.14. The summed E-state index contributed by atoms with van der Waals surface area (Å²) >= 11 is 0. The minimum atomic E-state index is -0.450. The van der Waals surface area contributed by atoms with Crippen LogP contribution < -0.4 is 10.6 Å². The van der Waals surface area contributed by atoms with Crippen molar-refractivity contribution in [2.45, 2.75) is 50.6 Å². The molecule has 96 valence electrons. The first-order valence-electron chi connectivity index (χ1n) is 6.48. The Morgan fingerprint density at radius 2 is 2.18 bits per heavy atom. The van der Waals surface area contributed by atoms with E-state index in [1.165, 1.54) is 0 Å². The summed E-state index contributed by atoms with van der Waals surface area (Å²) in [6.07, 6.45) is 9.41. The van der Waals surface area contributed by atoms with Gasteiger partial charge in [0, 0.05) is 6.04 Å². The Morgan fingerprint density at radius 3 is 2.71 bits per heavy atom. The summed E-state index contributed by atoms with van der Waals surface area (Å²) < 4.78 is 0. The van der Waals surface area contributed by atoms with Gasteiger partial charge in [-0.25, -0.2) is 4.79 Å². The molecule has 0 spiro atoms. The van der Waals surface area contributed by atoms with E-state index in [0.717, 1.165) is 32.1 Å². The molecule has 2 aliphatic carbocycles. The normalized spacial score (nSPS) is 27.3. The number of carbonyl (C=O) groups excluding carboxylic acids is 1. The minimum Gasteiger partial charge on any atom is -0.394 e. The van der Waals surface area contributed by atoms with Gasteiger partial charge < -0.3 is 15.7 Å². The number of nitrogens with one attached hydrogen (secondary N) is 2. The summed E-state index contributed by atoms with van der Waals surface area (Å²) in [5.41, 5.74) is -0.450. The predicted octanol–water partition coefficient (Wildman–Crippen LogP) is 1.56. The van der Waals surface area contributed by atoms with E-state index in [1.807, 2.05) is 6.92 Å². The summed E-state index contributed by atoms with van der Waals surface area (Å²) in [4.78, 5) is 11.9. The highest BCUT2D eigenvalue weighted by molar-refractivity contribution is 5.75. The quantitative estimate of drug-likeness (QED) is 0.651. The molecule has 0 heterocycles. The minimum absolute atomic E-state index is 0.00958. The maximum atomic E-state index is 11.9. The Labute approximate surface area is 102 Å². The van der Waals surface area contributed by atoms with E-state index in [-0.39, 0.29) is 18.7 Å². The molecule has 2 aliphatic rings. The summed E-state index contributed by atoms with van der Waals surface area (Å²) in [5.74, 6) is 0.435. The molecule has 0 aliphatic heterocycles. The van der Waals surface area contributed by atoms with Crippen molar-refractivity contribution in [2.75, 3.05) is 6.61 Å². The van der Waals surface area contributed by atoms with Crippen LogP contribution in [0.5, 0.6) is 0 Å². The van der Waals surface area contributed by atoms with E-state index in [0.29, 0.717) is 5.92 Å². The Kier molecular flexibility index (Phi) is 3.72. The molecule has 2 unspecified atom stereocenters. The van der Waals surface area contributed by atoms with E-state index >= 15 is 0 Å². The zero-order valence-corrected chi connectivity index (χ0v) is 10.4. The SMILES string of the molecule is CC(CO)(NC(=O)NC1CC=CCC1)C1CC1. The highest BCUT2D eigenvalue weighted by atomic mass is 16.3. The number of allylic oxidation sites excluding steroid dienone is 1.